The molecule has 10 fully saturated rings. The third-order valence-corrected chi connectivity index (χ3v) is 14.2. The highest BCUT2D eigenvalue weighted by Crippen LogP contribution is 2.54. The Hall–Kier alpha value is -1.29. The number of ketones is 1. The highest BCUT2D eigenvalue weighted by molar-refractivity contribution is 5.79. The zero-order valence-electron chi connectivity index (χ0n) is 30.6. The Morgan fingerprint density at radius 1 is 0.788 bits per heavy atom. The first-order valence-electron chi connectivity index (χ1n) is 20.3. The summed E-state index contributed by atoms with van der Waals surface area (Å²) in [5, 5.41) is 21.2. The number of aliphatic hydroxyl groups excluding tert-OH is 2. The summed E-state index contributed by atoms with van der Waals surface area (Å²) >= 11 is 0. The molecule has 12 bridgehead atoms. The quantitative estimate of drug-likeness (QED) is 0.364. The third-order valence-electron chi connectivity index (χ3n) is 14.2. The summed E-state index contributed by atoms with van der Waals surface area (Å²) < 4.78 is 53.8. The van der Waals surface area contributed by atoms with Gasteiger partial charge in [-0.15, -0.1) is 0 Å². The van der Waals surface area contributed by atoms with E-state index in [0.29, 0.717) is 32.1 Å². The number of carbonyl (C=O) groups excluding carboxylic acids is 1. The Kier molecular flexibility index (Phi) is 10.0. The number of aliphatic hydroxyl groups is 2. The Balaban J connectivity index is 0.994. The van der Waals surface area contributed by atoms with Gasteiger partial charge in [0.15, 0.2) is 5.79 Å². The van der Waals surface area contributed by atoms with Crippen LogP contribution in [-0.2, 0) is 42.7 Å². The fraction of sp³-hybridized carbons (Fsp3) is 0.875. The molecule has 0 aromatic rings. The van der Waals surface area contributed by atoms with Crippen LogP contribution in [0.4, 0.5) is 0 Å². The minimum atomic E-state index is -0.790. The molecule has 0 amide bonds. The molecule has 0 aromatic carbocycles. The number of nitrogens with two attached hydrogens (primary N) is 1. The van der Waals surface area contributed by atoms with E-state index in [1.807, 2.05) is 0 Å². The third kappa shape index (κ3) is 6.59. The van der Waals surface area contributed by atoms with Crippen LogP contribution in [0, 0.1) is 17.8 Å². The van der Waals surface area contributed by atoms with Crippen LogP contribution in [-0.4, -0.2) is 126 Å². The largest absolute Gasteiger partial charge is 0.396 e. The van der Waals surface area contributed by atoms with Crippen LogP contribution in [0.25, 0.3) is 0 Å². The van der Waals surface area contributed by atoms with Gasteiger partial charge < -0.3 is 53.8 Å². The molecule has 0 saturated carbocycles. The molecule has 10 saturated heterocycles. The number of hydrogen-bond acceptors (Lipinski definition) is 12. The molecule has 10 heterocycles. The van der Waals surface area contributed by atoms with Crippen LogP contribution in [0.5, 0.6) is 0 Å². The summed E-state index contributed by atoms with van der Waals surface area (Å²) in [6.45, 7) is 11.0. The molecule has 1 spiro atoms. The van der Waals surface area contributed by atoms with Crippen molar-refractivity contribution in [2.75, 3.05) is 13.2 Å². The lowest BCUT2D eigenvalue weighted by Gasteiger charge is -2.47. The average molecular weight is 730 g/mol. The summed E-state index contributed by atoms with van der Waals surface area (Å²) in [6.07, 6.45) is 4.73. The lowest BCUT2D eigenvalue weighted by molar-refractivity contribution is -0.292. The zero-order chi connectivity index (χ0) is 35.9. The minimum Gasteiger partial charge on any atom is -0.396 e. The van der Waals surface area contributed by atoms with Gasteiger partial charge in [-0.05, 0) is 67.9 Å². The SMILES string of the molecule is C=C1CC2CC[C@@]34C[C@H]5O[C@H]6C(O3)[C@H]3OC(CC[C@@H]3O[C@H]6C5O4)CC(=O)C[C@H]3C(C[C@H]4OC(CC[C@@H]1O2)C[C@@H](C)C4=C)O[C@H](C[C@H](O)CN)[C@@H]3CO. The summed E-state index contributed by atoms with van der Waals surface area (Å²) in [6, 6.07) is 0. The molecule has 290 valence electrons. The van der Waals surface area contributed by atoms with Crippen molar-refractivity contribution < 1.29 is 52.9 Å². The van der Waals surface area contributed by atoms with Crippen molar-refractivity contribution in [2.24, 2.45) is 23.5 Å². The second-order valence-corrected chi connectivity index (χ2v) is 17.6. The maximum absolute atomic E-state index is 14.0. The number of fused-ring (bicyclic) bond motifs is 6. The lowest BCUT2D eigenvalue weighted by atomic mass is 9.78. The van der Waals surface area contributed by atoms with Crippen LogP contribution in [0.2, 0.25) is 0 Å². The second kappa shape index (κ2) is 14.3. The van der Waals surface area contributed by atoms with Gasteiger partial charge in [0.25, 0.3) is 0 Å². The van der Waals surface area contributed by atoms with Crippen molar-refractivity contribution in [3.8, 4) is 0 Å². The van der Waals surface area contributed by atoms with Crippen molar-refractivity contribution in [3.05, 3.63) is 24.3 Å². The minimum absolute atomic E-state index is 0.0270. The molecule has 19 atom stereocenters. The maximum Gasteiger partial charge on any atom is 0.172 e. The predicted octanol–water partition coefficient (Wildman–Crippen LogP) is 3.03. The standard InChI is InChI=1S/C40H59NO11/c1-19-10-24-4-6-29-20(2)11-26(45-29)8-9-40-16-34-36(51-40)37-38(50-34)39(52-40)35-30(49-37)7-5-25(47-35)12-22(43)13-27-28(18-42)32(14-23(44)17-41)48-33(27)15-31(46-24)21(19)3/h19,23-39,42,44H,2-18,41H2,1H3/t19-,23+,24?,25?,26?,27-,28-,29+,30+,31-,32-,33?,34-,35+,36?,37+,38-,39?,40+/m1/s1. The highest BCUT2D eigenvalue weighted by Gasteiger charge is 2.68. The average Bonchev–Trinajstić information content (AvgIpc) is 3.79. The van der Waals surface area contributed by atoms with Crippen LogP contribution in [0.15, 0.2) is 24.3 Å². The van der Waals surface area contributed by atoms with Crippen LogP contribution < -0.4 is 5.73 Å². The first-order chi connectivity index (χ1) is 25.1. The first kappa shape index (κ1) is 36.4. The monoisotopic (exact) mass is 729 g/mol. The van der Waals surface area contributed by atoms with Crippen molar-refractivity contribution in [2.45, 2.75) is 188 Å². The Morgan fingerprint density at radius 3 is 2.37 bits per heavy atom. The van der Waals surface area contributed by atoms with E-state index in [2.05, 4.69) is 20.1 Å². The Bertz CT molecular complexity index is 1380. The van der Waals surface area contributed by atoms with Gasteiger partial charge in [0.05, 0.1) is 61.0 Å². The lowest BCUT2D eigenvalue weighted by Crippen LogP contribution is -2.61. The van der Waals surface area contributed by atoms with Gasteiger partial charge in [-0.2, -0.15) is 0 Å². The number of carbonyl (C=O) groups is 1. The Labute approximate surface area is 307 Å². The number of ether oxygens (including phenoxy) is 8. The first-order valence-corrected chi connectivity index (χ1v) is 20.3. The van der Waals surface area contributed by atoms with Gasteiger partial charge in [0.2, 0.25) is 0 Å². The molecule has 0 aliphatic carbocycles. The van der Waals surface area contributed by atoms with E-state index in [1.165, 1.54) is 0 Å². The molecule has 0 aromatic heterocycles. The summed E-state index contributed by atoms with van der Waals surface area (Å²) in [5.41, 5.74) is 7.96. The smallest absolute Gasteiger partial charge is 0.172 e. The number of rotatable bonds is 4. The van der Waals surface area contributed by atoms with Crippen molar-refractivity contribution in [3.63, 3.8) is 0 Å². The summed E-state index contributed by atoms with van der Waals surface area (Å²) in [4.78, 5) is 14.0. The molecule has 12 heteroatoms. The van der Waals surface area contributed by atoms with Crippen LogP contribution >= 0.6 is 0 Å². The van der Waals surface area contributed by atoms with Crippen LogP contribution in [0.3, 0.4) is 0 Å². The van der Waals surface area contributed by atoms with Crippen molar-refractivity contribution in [1.29, 1.82) is 0 Å². The van der Waals surface area contributed by atoms with E-state index in [-0.39, 0.29) is 129 Å². The zero-order valence-corrected chi connectivity index (χ0v) is 30.6. The van der Waals surface area contributed by atoms with E-state index in [0.717, 1.165) is 49.7 Å². The highest BCUT2D eigenvalue weighted by atomic mass is 16.8. The van der Waals surface area contributed by atoms with Crippen molar-refractivity contribution >= 4 is 5.78 Å². The molecule has 10 aliphatic heterocycles. The Morgan fingerprint density at radius 2 is 1.54 bits per heavy atom. The van der Waals surface area contributed by atoms with E-state index >= 15 is 0 Å². The summed E-state index contributed by atoms with van der Waals surface area (Å²) in [7, 11) is 0. The van der Waals surface area contributed by atoms with Gasteiger partial charge >= 0.3 is 0 Å². The van der Waals surface area contributed by atoms with Crippen LogP contribution in [0.1, 0.15) is 90.4 Å². The van der Waals surface area contributed by atoms with Crippen molar-refractivity contribution in [1.82, 2.24) is 0 Å². The van der Waals surface area contributed by atoms with Gasteiger partial charge in [0, 0.05) is 57.6 Å². The fourth-order valence-corrected chi connectivity index (χ4v) is 11.4. The fourth-order valence-electron chi connectivity index (χ4n) is 11.4. The van der Waals surface area contributed by atoms with E-state index in [1.54, 1.807) is 0 Å². The molecule has 10 rings (SSSR count). The normalized spacial score (nSPS) is 52.4. The predicted molar refractivity (Wildman–Crippen MR) is 186 cm³/mol. The molecule has 4 N–H and O–H groups in total. The maximum atomic E-state index is 14.0. The second-order valence-electron chi connectivity index (χ2n) is 17.6. The molecular weight excluding hydrogens is 670 g/mol. The van der Waals surface area contributed by atoms with Gasteiger partial charge in [-0.25, -0.2) is 0 Å². The van der Waals surface area contributed by atoms with Gasteiger partial charge in [0.1, 0.15) is 36.3 Å². The van der Waals surface area contributed by atoms with E-state index < -0.39 is 18.0 Å². The summed E-state index contributed by atoms with van der Waals surface area (Å²) in [5.74, 6) is -1.03. The topological polar surface area (TPSA) is 157 Å². The van der Waals surface area contributed by atoms with E-state index in [4.69, 9.17) is 43.6 Å². The molecule has 12 nitrogen and oxygen atoms in total. The van der Waals surface area contributed by atoms with Gasteiger partial charge in [-0.1, -0.05) is 20.1 Å². The number of hydrogen-bond donors (Lipinski definition) is 3. The molecule has 0 radical (unpaired) electrons. The van der Waals surface area contributed by atoms with Gasteiger partial charge in [-0.3, -0.25) is 4.79 Å². The molecule has 6 unspecified atom stereocenters. The van der Waals surface area contributed by atoms with E-state index in [9.17, 15) is 15.0 Å². The number of Topliss-reactive ketones (excluding diaryl/α,β-unsaturated/α-hetero) is 1. The molecule has 10 aliphatic rings. The molecule has 52 heavy (non-hydrogen) atoms. The molecular formula is C40H59NO11.